The Hall–Kier alpha value is -0.180. The molecular formula is C17H32O6S2. The summed E-state index contributed by atoms with van der Waals surface area (Å²) in [5.74, 6) is -1.77. The molecule has 0 aromatic heterocycles. The molecule has 2 aliphatic carbocycles. The van der Waals surface area contributed by atoms with Crippen LogP contribution in [-0.4, -0.2) is 30.0 Å². The summed E-state index contributed by atoms with van der Waals surface area (Å²) in [6.07, 6.45) is 6.84. The summed E-state index contributed by atoms with van der Waals surface area (Å²) < 4.78 is 68.5. The lowest BCUT2D eigenvalue weighted by atomic mass is 9.67. The number of rotatable bonds is 6. The van der Waals surface area contributed by atoms with Crippen LogP contribution in [0.5, 0.6) is 0 Å². The SMILES string of the molecule is CCC1CCCCC1C(C1CCCCC1CC)(S(=O)(=O)O)S(=O)(=O)O. The monoisotopic (exact) mass is 396 g/mol. The Balaban J connectivity index is 2.73. The standard InChI is InChI=1S/C17H32O6S2/c1-3-13-9-5-7-11-15(13)17(24(18,19)20,25(21,22)23)16-12-8-6-10-14(16)4-2/h13-16H,3-12H2,1-2H3,(H,18,19,20)(H,21,22,23). The fraction of sp³-hybridized carbons (Fsp3) is 1.00. The normalized spacial score (nSPS) is 32.5. The van der Waals surface area contributed by atoms with E-state index in [1.54, 1.807) is 0 Å². The molecule has 4 atom stereocenters. The molecule has 2 aliphatic rings. The highest BCUT2D eigenvalue weighted by Crippen LogP contribution is 2.54. The summed E-state index contributed by atoms with van der Waals surface area (Å²) in [6, 6.07) is 0. The van der Waals surface area contributed by atoms with Crippen molar-refractivity contribution in [3.8, 4) is 0 Å². The van der Waals surface area contributed by atoms with Gasteiger partial charge in [-0.3, -0.25) is 9.11 Å². The van der Waals surface area contributed by atoms with Crippen molar-refractivity contribution in [2.75, 3.05) is 0 Å². The Bertz CT molecular complexity index is 597. The smallest absolute Gasteiger partial charge is 0.284 e. The highest BCUT2D eigenvalue weighted by Gasteiger charge is 2.66. The average molecular weight is 397 g/mol. The maximum absolute atomic E-state index is 12.6. The van der Waals surface area contributed by atoms with E-state index in [-0.39, 0.29) is 11.8 Å². The van der Waals surface area contributed by atoms with Crippen LogP contribution < -0.4 is 0 Å². The highest BCUT2D eigenvalue weighted by molar-refractivity contribution is 8.05. The van der Waals surface area contributed by atoms with Crippen LogP contribution in [0.1, 0.15) is 78.1 Å². The largest absolute Gasteiger partial charge is 0.288 e. The molecule has 0 radical (unpaired) electrons. The second-order valence-electron chi connectivity index (χ2n) is 7.79. The van der Waals surface area contributed by atoms with Gasteiger partial charge in [-0.25, -0.2) is 0 Å². The number of hydrogen-bond donors (Lipinski definition) is 2. The summed E-state index contributed by atoms with van der Waals surface area (Å²) >= 11 is 0. The van der Waals surface area contributed by atoms with Crippen LogP contribution in [0.15, 0.2) is 0 Å². The second kappa shape index (κ2) is 7.82. The summed E-state index contributed by atoms with van der Waals surface area (Å²) in [5, 5.41) is 0. The van der Waals surface area contributed by atoms with Crippen LogP contribution in [0, 0.1) is 23.7 Å². The molecule has 0 heterocycles. The third-order valence-electron chi connectivity index (χ3n) is 6.71. The zero-order valence-corrected chi connectivity index (χ0v) is 16.9. The molecule has 0 aliphatic heterocycles. The summed E-state index contributed by atoms with van der Waals surface area (Å²) in [5.41, 5.74) is 0. The molecule has 148 valence electrons. The van der Waals surface area contributed by atoms with Crippen molar-refractivity contribution < 1.29 is 25.9 Å². The molecule has 2 fully saturated rings. The Morgan fingerprint density at radius 2 is 1.04 bits per heavy atom. The molecule has 0 amide bonds. The predicted octanol–water partition coefficient (Wildman–Crippen LogP) is 3.89. The molecule has 0 bridgehead atoms. The minimum atomic E-state index is -5.01. The molecule has 2 saturated carbocycles. The second-order valence-corrected chi connectivity index (χ2v) is 11.3. The molecule has 0 saturated heterocycles. The van der Waals surface area contributed by atoms with Gasteiger partial charge in [-0.1, -0.05) is 65.2 Å². The minimum Gasteiger partial charge on any atom is -0.284 e. The van der Waals surface area contributed by atoms with Crippen LogP contribution in [-0.2, 0) is 20.2 Å². The minimum absolute atomic E-state index is 0.128. The molecule has 0 aromatic carbocycles. The van der Waals surface area contributed by atoms with E-state index < -0.39 is 36.2 Å². The van der Waals surface area contributed by atoms with Gasteiger partial charge < -0.3 is 0 Å². The third kappa shape index (κ3) is 3.64. The van der Waals surface area contributed by atoms with Gasteiger partial charge in [0.05, 0.1) is 0 Å². The van der Waals surface area contributed by atoms with Crippen LogP contribution in [0.2, 0.25) is 0 Å². The average Bonchev–Trinajstić information content (AvgIpc) is 2.53. The molecular weight excluding hydrogens is 364 g/mol. The van der Waals surface area contributed by atoms with Crippen LogP contribution in [0.3, 0.4) is 0 Å². The molecule has 8 heteroatoms. The van der Waals surface area contributed by atoms with Gasteiger partial charge in [0.1, 0.15) is 0 Å². The van der Waals surface area contributed by atoms with Gasteiger partial charge in [0.15, 0.2) is 0 Å². The van der Waals surface area contributed by atoms with E-state index in [1.807, 2.05) is 13.8 Å². The Labute approximate surface area is 152 Å². The maximum atomic E-state index is 12.6. The van der Waals surface area contributed by atoms with Crippen LogP contribution in [0.25, 0.3) is 0 Å². The zero-order chi connectivity index (χ0) is 18.9. The van der Waals surface area contributed by atoms with Gasteiger partial charge in [-0.2, -0.15) is 16.8 Å². The molecule has 2 N–H and O–H groups in total. The van der Waals surface area contributed by atoms with Crippen LogP contribution >= 0.6 is 0 Å². The number of hydrogen-bond acceptors (Lipinski definition) is 4. The summed E-state index contributed by atoms with van der Waals surface area (Å²) in [6.45, 7) is 3.83. The van der Waals surface area contributed by atoms with Crippen molar-refractivity contribution in [3.05, 3.63) is 0 Å². The molecule has 6 nitrogen and oxygen atoms in total. The fourth-order valence-corrected chi connectivity index (χ4v) is 9.46. The van der Waals surface area contributed by atoms with E-state index in [0.717, 1.165) is 38.5 Å². The van der Waals surface area contributed by atoms with E-state index in [1.165, 1.54) is 0 Å². The Morgan fingerprint density at radius 1 is 0.720 bits per heavy atom. The van der Waals surface area contributed by atoms with Gasteiger partial charge in [-0.15, -0.1) is 0 Å². The molecule has 25 heavy (non-hydrogen) atoms. The molecule has 2 rings (SSSR count). The lowest BCUT2D eigenvalue weighted by Crippen LogP contribution is -2.61. The van der Waals surface area contributed by atoms with Gasteiger partial charge in [-0.05, 0) is 24.7 Å². The lowest BCUT2D eigenvalue weighted by molar-refractivity contribution is 0.107. The quantitative estimate of drug-likeness (QED) is 0.659. The first kappa shape index (κ1) is 21.1. The van der Waals surface area contributed by atoms with E-state index in [2.05, 4.69) is 0 Å². The first-order valence-electron chi connectivity index (χ1n) is 9.55. The summed E-state index contributed by atoms with van der Waals surface area (Å²) in [4.78, 5) is 0. The topological polar surface area (TPSA) is 109 Å². The highest BCUT2D eigenvalue weighted by atomic mass is 32.3. The van der Waals surface area contributed by atoms with Crippen molar-refractivity contribution in [2.24, 2.45) is 23.7 Å². The van der Waals surface area contributed by atoms with Gasteiger partial charge >= 0.3 is 0 Å². The molecule has 4 unspecified atom stereocenters. The van der Waals surface area contributed by atoms with E-state index >= 15 is 0 Å². The van der Waals surface area contributed by atoms with Crippen molar-refractivity contribution >= 4 is 20.2 Å². The molecule has 0 spiro atoms. The first-order chi connectivity index (χ1) is 11.6. The van der Waals surface area contributed by atoms with Crippen molar-refractivity contribution in [2.45, 2.75) is 82.1 Å². The van der Waals surface area contributed by atoms with Crippen molar-refractivity contribution in [1.82, 2.24) is 0 Å². The predicted molar refractivity (Wildman–Crippen MR) is 97.3 cm³/mol. The van der Waals surface area contributed by atoms with Gasteiger partial charge in [0, 0.05) is 11.8 Å². The zero-order valence-electron chi connectivity index (χ0n) is 15.2. The Kier molecular flexibility index (Phi) is 6.61. The maximum Gasteiger partial charge on any atom is 0.288 e. The first-order valence-corrected chi connectivity index (χ1v) is 12.4. The van der Waals surface area contributed by atoms with Crippen molar-refractivity contribution in [1.29, 1.82) is 0 Å². The fourth-order valence-electron chi connectivity index (χ4n) is 5.63. The van der Waals surface area contributed by atoms with Gasteiger partial charge in [0.25, 0.3) is 20.2 Å². The summed E-state index contributed by atoms with van der Waals surface area (Å²) in [7, 11) is -10.0. The third-order valence-corrected chi connectivity index (χ3v) is 10.8. The van der Waals surface area contributed by atoms with E-state index in [0.29, 0.717) is 25.7 Å². The van der Waals surface area contributed by atoms with E-state index in [4.69, 9.17) is 0 Å². The van der Waals surface area contributed by atoms with Crippen LogP contribution in [0.4, 0.5) is 0 Å². The lowest BCUT2D eigenvalue weighted by Gasteiger charge is -2.49. The Morgan fingerprint density at radius 3 is 1.32 bits per heavy atom. The molecule has 0 aromatic rings. The van der Waals surface area contributed by atoms with E-state index in [9.17, 15) is 25.9 Å². The van der Waals surface area contributed by atoms with Gasteiger partial charge in [0.2, 0.25) is 4.08 Å². The van der Waals surface area contributed by atoms with Crippen molar-refractivity contribution in [3.63, 3.8) is 0 Å².